The number of carbonyl (C=O) groups excluding carboxylic acids is 2. The Morgan fingerprint density at radius 1 is 1.48 bits per heavy atom. The van der Waals surface area contributed by atoms with Crippen LogP contribution in [0, 0.1) is 5.92 Å². The molecule has 2 amide bonds. The first-order valence-electron chi connectivity index (χ1n) is 6.71. The highest BCUT2D eigenvalue weighted by Crippen LogP contribution is 2.16. The summed E-state index contributed by atoms with van der Waals surface area (Å²) < 4.78 is 5.65. The van der Waals surface area contributed by atoms with Gasteiger partial charge in [-0.2, -0.15) is 0 Å². The van der Waals surface area contributed by atoms with E-state index < -0.39 is 5.54 Å². The molecule has 0 bridgehead atoms. The molecule has 0 aromatic carbocycles. The van der Waals surface area contributed by atoms with Crippen LogP contribution >= 0.6 is 15.9 Å². The van der Waals surface area contributed by atoms with E-state index in [-0.39, 0.29) is 30.0 Å². The van der Waals surface area contributed by atoms with Crippen molar-refractivity contribution in [2.75, 3.05) is 20.1 Å². The number of amides is 2. The maximum Gasteiger partial charge on any atom is 0.289 e. The number of furan rings is 1. The van der Waals surface area contributed by atoms with E-state index in [1.54, 1.807) is 19.2 Å². The summed E-state index contributed by atoms with van der Waals surface area (Å²) >= 11 is 3.13. The molecule has 0 aliphatic rings. The molecule has 1 rings (SSSR count). The molecule has 0 saturated carbocycles. The third-order valence-corrected chi connectivity index (χ3v) is 4.06. The molecule has 0 aliphatic carbocycles. The number of nitrogens with zero attached hydrogens (tertiary/aromatic N) is 1. The molecule has 3 N–H and O–H groups in total. The molecule has 1 atom stereocenters. The summed E-state index contributed by atoms with van der Waals surface area (Å²) in [6.45, 7) is 6.14. The largest absolute Gasteiger partial charge is 0.444 e. The van der Waals surface area contributed by atoms with Crippen molar-refractivity contribution in [1.29, 1.82) is 0 Å². The van der Waals surface area contributed by atoms with Crippen LogP contribution in [0.4, 0.5) is 0 Å². The van der Waals surface area contributed by atoms with E-state index >= 15 is 0 Å². The summed E-state index contributed by atoms with van der Waals surface area (Å²) in [7, 11) is 1.55. The van der Waals surface area contributed by atoms with Gasteiger partial charge in [-0.25, -0.2) is 0 Å². The normalized spacial score (nSPS) is 13.9. The molecule has 0 saturated heterocycles. The molecule has 1 aromatic heterocycles. The zero-order chi connectivity index (χ0) is 16.2. The van der Waals surface area contributed by atoms with E-state index in [0.717, 1.165) is 0 Å². The maximum absolute atomic E-state index is 12.1. The van der Waals surface area contributed by atoms with E-state index in [2.05, 4.69) is 21.2 Å². The van der Waals surface area contributed by atoms with Crippen LogP contribution in [-0.4, -0.2) is 42.4 Å². The summed E-state index contributed by atoms with van der Waals surface area (Å²) in [5.74, 6) is -0.232. The van der Waals surface area contributed by atoms with Gasteiger partial charge < -0.3 is 20.4 Å². The predicted molar refractivity (Wildman–Crippen MR) is 83.8 cm³/mol. The highest BCUT2D eigenvalue weighted by atomic mass is 79.9. The topological polar surface area (TPSA) is 88.6 Å². The van der Waals surface area contributed by atoms with Crippen molar-refractivity contribution in [3.63, 3.8) is 0 Å². The summed E-state index contributed by atoms with van der Waals surface area (Å²) in [4.78, 5) is 25.4. The van der Waals surface area contributed by atoms with Crippen molar-refractivity contribution in [2.24, 2.45) is 11.7 Å². The molecular formula is C14H22BrN3O3. The third-order valence-electron chi connectivity index (χ3n) is 3.63. The number of carbonyl (C=O) groups is 2. The molecular weight excluding hydrogens is 338 g/mol. The van der Waals surface area contributed by atoms with Gasteiger partial charge in [-0.1, -0.05) is 13.8 Å². The summed E-state index contributed by atoms with van der Waals surface area (Å²) in [6, 6.07) is 3.18. The lowest BCUT2D eigenvalue weighted by atomic mass is 9.88. The zero-order valence-electron chi connectivity index (χ0n) is 12.8. The summed E-state index contributed by atoms with van der Waals surface area (Å²) in [5, 5.41) is 2.89. The Morgan fingerprint density at radius 2 is 2.10 bits per heavy atom. The molecule has 1 heterocycles. The van der Waals surface area contributed by atoms with Gasteiger partial charge in [-0.3, -0.25) is 9.59 Å². The zero-order valence-corrected chi connectivity index (χ0v) is 14.4. The first-order valence-corrected chi connectivity index (χ1v) is 7.50. The Labute approximate surface area is 133 Å². The summed E-state index contributed by atoms with van der Waals surface area (Å²) in [5.41, 5.74) is 5.23. The molecule has 1 aromatic rings. The van der Waals surface area contributed by atoms with E-state index in [4.69, 9.17) is 10.2 Å². The minimum absolute atomic E-state index is 0.0561. The van der Waals surface area contributed by atoms with Crippen molar-refractivity contribution in [3.05, 3.63) is 22.6 Å². The molecule has 0 fully saturated rings. The lowest BCUT2D eigenvalue weighted by Crippen LogP contribution is -2.57. The third kappa shape index (κ3) is 4.57. The van der Waals surface area contributed by atoms with Gasteiger partial charge in [0.25, 0.3) is 5.91 Å². The standard InChI is InChI=1S/C14H22BrN3O3/c1-9(2)14(3,8-16)17-12(19)7-18(4)13(20)10-5-6-11(15)21-10/h5-6,9H,7-8,16H2,1-4H3,(H,17,19). The Kier molecular flexibility index (Phi) is 5.98. The smallest absolute Gasteiger partial charge is 0.289 e. The predicted octanol–water partition coefficient (Wildman–Crippen LogP) is 1.60. The highest BCUT2D eigenvalue weighted by Gasteiger charge is 2.29. The van der Waals surface area contributed by atoms with Crippen molar-refractivity contribution in [1.82, 2.24) is 10.2 Å². The fourth-order valence-corrected chi connectivity index (χ4v) is 2.00. The second-order valence-electron chi connectivity index (χ2n) is 5.59. The molecule has 0 spiro atoms. The fraction of sp³-hybridized carbons (Fsp3) is 0.571. The van der Waals surface area contributed by atoms with Crippen LogP contribution in [0.5, 0.6) is 0 Å². The lowest BCUT2D eigenvalue weighted by Gasteiger charge is -2.34. The first kappa shape index (κ1) is 17.7. The van der Waals surface area contributed by atoms with E-state index in [9.17, 15) is 9.59 Å². The molecule has 118 valence electrons. The number of rotatable bonds is 6. The van der Waals surface area contributed by atoms with Crippen LogP contribution in [0.1, 0.15) is 31.3 Å². The Hall–Kier alpha value is -1.34. The van der Waals surface area contributed by atoms with Gasteiger partial charge in [-0.05, 0) is 40.9 Å². The Morgan fingerprint density at radius 3 is 2.52 bits per heavy atom. The minimum Gasteiger partial charge on any atom is -0.444 e. The van der Waals surface area contributed by atoms with Crippen LogP contribution in [-0.2, 0) is 4.79 Å². The highest BCUT2D eigenvalue weighted by molar-refractivity contribution is 9.10. The molecule has 21 heavy (non-hydrogen) atoms. The van der Waals surface area contributed by atoms with Gasteiger partial charge in [0.05, 0.1) is 12.1 Å². The number of halogens is 1. The van der Waals surface area contributed by atoms with E-state index in [1.807, 2.05) is 20.8 Å². The maximum atomic E-state index is 12.1. The number of nitrogens with two attached hydrogens (primary N) is 1. The average Bonchev–Trinajstić information content (AvgIpc) is 2.83. The van der Waals surface area contributed by atoms with Gasteiger partial charge in [-0.15, -0.1) is 0 Å². The van der Waals surface area contributed by atoms with Gasteiger partial charge in [0.1, 0.15) is 0 Å². The van der Waals surface area contributed by atoms with Gasteiger partial charge in [0.15, 0.2) is 10.4 Å². The second-order valence-corrected chi connectivity index (χ2v) is 6.37. The van der Waals surface area contributed by atoms with Crippen LogP contribution in [0.2, 0.25) is 0 Å². The number of nitrogens with one attached hydrogen (secondary N) is 1. The van der Waals surface area contributed by atoms with Crippen LogP contribution in [0.25, 0.3) is 0 Å². The number of likely N-dealkylation sites (N-methyl/N-ethyl adjacent to an activating group) is 1. The Bertz CT molecular complexity index is 515. The van der Waals surface area contributed by atoms with Crippen molar-refractivity contribution < 1.29 is 14.0 Å². The van der Waals surface area contributed by atoms with Crippen molar-refractivity contribution in [2.45, 2.75) is 26.3 Å². The van der Waals surface area contributed by atoms with Crippen LogP contribution < -0.4 is 11.1 Å². The molecule has 6 nitrogen and oxygen atoms in total. The lowest BCUT2D eigenvalue weighted by molar-refractivity contribution is -0.123. The minimum atomic E-state index is -0.491. The van der Waals surface area contributed by atoms with Crippen LogP contribution in [0.15, 0.2) is 21.2 Å². The average molecular weight is 360 g/mol. The quantitative estimate of drug-likeness (QED) is 0.807. The second kappa shape index (κ2) is 7.09. The number of hydrogen-bond donors (Lipinski definition) is 2. The SMILES string of the molecule is CC(C)C(C)(CN)NC(=O)CN(C)C(=O)c1ccc(Br)o1. The van der Waals surface area contributed by atoms with Crippen molar-refractivity contribution >= 4 is 27.7 Å². The van der Waals surface area contributed by atoms with Gasteiger partial charge >= 0.3 is 0 Å². The Balaban J connectivity index is 2.64. The van der Waals surface area contributed by atoms with Gasteiger partial charge in [0, 0.05) is 13.6 Å². The first-order chi connectivity index (χ1) is 9.69. The molecule has 7 heteroatoms. The monoisotopic (exact) mass is 359 g/mol. The fourth-order valence-electron chi connectivity index (χ4n) is 1.69. The number of hydrogen-bond acceptors (Lipinski definition) is 4. The van der Waals surface area contributed by atoms with E-state index in [0.29, 0.717) is 11.2 Å². The van der Waals surface area contributed by atoms with Crippen molar-refractivity contribution in [3.8, 4) is 0 Å². The summed E-state index contributed by atoms with van der Waals surface area (Å²) in [6.07, 6.45) is 0. The van der Waals surface area contributed by atoms with Gasteiger partial charge in [0.2, 0.25) is 5.91 Å². The molecule has 0 radical (unpaired) electrons. The van der Waals surface area contributed by atoms with Crippen LogP contribution in [0.3, 0.4) is 0 Å². The molecule has 0 aliphatic heterocycles. The molecule has 1 unspecified atom stereocenters. The van der Waals surface area contributed by atoms with E-state index in [1.165, 1.54) is 4.90 Å².